The van der Waals surface area contributed by atoms with E-state index in [4.69, 9.17) is 9.84 Å². The van der Waals surface area contributed by atoms with Crippen LogP contribution in [0.15, 0.2) is 12.2 Å². The Bertz CT molecular complexity index is 93.6. The quantitative estimate of drug-likeness (QED) is 0.328. The fourth-order valence-electron chi connectivity index (χ4n) is 0.427. The molecule has 60 valence electrons. The summed E-state index contributed by atoms with van der Waals surface area (Å²) in [5.74, 6) is 0. The van der Waals surface area contributed by atoms with Crippen LogP contribution in [0.3, 0.4) is 0 Å². The van der Waals surface area contributed by atoms with Gasteiger partial charge in [0, 0.05) is 0 Å². The van der Waals surface area contributed by atoms with Crippen LogP contribution in [0.5, 0.6) is 0 Å². The molecular weight excluding hydrogens is 130 g/mol. The van der Waals surface area contributed by atoms with Crippen molar-refractivity contribution in [2.45, 2.75) is 13.2 Å². The van der Waals surface area contributed by atoms with E-state index in [9.17, 15) is 0 Å². The molecule has 0 bridgehead atoms. The molecule has 1 atom stereocenters. The topological polar surface area (TPSA) is 41.5 Å². The number of hydrogen-bond donors (Lipinski definition) is 2. The molecule has 0 aromatic rings. The highest BCUT2D eigenvalue weighted by Crippen LogP contribution is 1.80. The first-order valence-electron chi connectivity index (χ1n) is 3.35. The maximum absolute atomic E-state index is 8.90. The first kappa shape index (κ1) is 9.62. The second-order valence-electron chi connectivity index (χ2n) is 1.91. The fourth-order valence-corrected chi connectivity index (χ4v) is 0.427. The molecule has 2 N–H and O–H groups in total. The molecule has 0 radical (unpaired) electrons. The molecule has 0 heterocycles. The summed E-state index contributed by atoms with van der Waals surface area (Å²) in [6, 6.07) is 0. The molecule has 0 aliphatic carbocycles. The molecule has 0 aromatic carbocycles. The van der Waals surface area contributed by atoms with Crippen molar-refractivity contribution < 1.29 is 9.84 Å². The largest absolute Gasteiger partial charge is 0.376 e. The number of aliphatic hydroxyl groups is 1. The lowest BCUT2D eigenvalue weighted by Crippen LogP contribution is -2.29. The van der Waals surface area contributed by atoms with Gasteiger partial charge in [-0.25, -0.2) is 0 Å². The van der Waals surface area contributed by atoms with Crippen LogP contribution < -0.4 is 5.32 Å². The summed E-state index contributed by atoms with van der Waals surface area (Å²) in [6.07, 6.45) is 3.25. The van der Waals surface area contributed by atoms with Crippen LogP contribution in [0.1, 0.15) is 6.92 Å². The van der Waals surface area contributed by atoms with Crippen LogP contribution in [0.4, 0.5) is 0 Å². The molecule has 1 unspecified atom stereocenters. The van der Waals surface area contributed by atoms with E-state index in [1.54, 1.807) is 7.05 Å². The van der Waals surface area contributed by atoms with Gasteiger partial charge in [-0.05, 0) is 14.0 Å². The fraction of sp³-hybridized carbons (Fsp3) is 0.714. The van der Waals surface area contributed by atoms with Crippen molar-refractivity contribution in [2.24, 2.45) is 0 Å². The Balaban J connectivity index is 3.03. The number of rotatable bonds is 5. The Morgan fingerprint density at radius 3 is 2.90 bits per heavy atom. The van der Waals surface area contributed by atoms with Gasteiger partial charge in [-0.3, -0.25) is 5.32 Å². The van der Waals surface area contributed by atoms with Crippen molar-refractivity contribution in [3.63, 3.8) is 0 Å². The van der Waals surface area contributed by atoms with Crippen molar-refractivity contribution >= 4 is 0 Å². The summed E-state index contributed by atoms with van der Waals surface area (Å²) in [4.78, 5) is 0. The summed E-state index contributed by atoms with van der Waals surface area (Å²) in [5.41, 5.74) is 0. The first-order chi connectivity index (χ1) is 4.81. The summed E-state index contributed by atoms with van der Waals surface area (Å²) < 4.78 is 5.03. The number of ether oxygens (including phenoxy) is 1. The van der Waals surface area contributed by atoms with Crippen LogP contribution in [0.2, 0.25) is 0 Å². The lowest BCUT2D eigenvalue weighted by atomic mass is 10.5. The van der Waals surface area contributed by atoms with E-state index in [1.165, 1.54) is 0 Å². The van der Waals surface area contributed by atoms with Crippen molar-refractivity contribution in [1.82, 2.24) is 5.32 Å². The van der Waals surface area contributed by atoms with Crippen molar-refractivity contribution in [3.8, 4) is 0 Å². The monoisotopic (exact) mass is 145 g/mol. The Labute approximate surface area is 61.7 Å². The Morgan fingerprint density at radius 1 is 1.70 bits per heavy atom. The minimum absolute atomic E-state index is 0.334. The number of nitrogens with one attached hydrogen (secondary N) is 1. The molecule has 0 saturated carbocycles. The maximum atomic E-state index is 8.90. The predicted molar refractivity (Wildman–Crippen MR) is 40.7 cm³/mol. The third-order valence-electron chi connectivity index (χ3n) is 1.06. The molecule has 10 heavy (non-hydrogen) atoms. The highest BCUT2D eigenvalue weighted by Gasteiger charge is 1.96. The first-order valence-corrected chi connectivity index (χ1v) is 3.35. The minimum Gasteiger partial charge on any atom is -0.376 e. The molecule has 0 aromatic heterocycles. The molecule has 0 saturated heterocycles. The molecule has 0 aliphatic rings. The summed E-state index contributed by atoms with van der Waals surface area (Å²) >= 11 is 0. The molecule has 0 fully saturated rings. The Hall–Kier alpha value is -0.380. The van der Waals surface area contributed by atoms with E-state index in [1.807, 2.05) is 19.1 Å². The average Bonchev–Trinajstić information content (AvgIpc) is 1.98. The number of hydrogen-bond acceptors (Lipinski definition) is 3. The van der Waals surface area contributed by atoms with Gasteiger partial charge in [-0.2, -0.15) is 0 Å². The summed E-state index contributed by atoms with van der Waals surface area (Å²) in [6.45, 7) is 2.83. The van der Waals surface area contributed by atoms with Gasteiger partial charge >= 0.3 is 0 Å². The van der Waals surface area contributed by atoms with E-state index in [0.717, 1.165) is 0 Å². The molecule has 0 spiro atoms. The minimum atomic E-state index is -0.551. The number of allylic oxidation sites excluding steroid dienone is 1. The Morgan fingerprint density at radius 2 is 2.40 bits per heavy atom. The summed E-state index contributed by atoms with van der Waals surface area (Å²) in [7, 11) is 1.68. The second-order valence-corrected chi connectivity index (χ2v) is 1.91. The van der Waals surface area contributed by atoms with Gasteiger partial charge in [0.2, 0.25) is 0 Å². The number of aliphatic hydroxyl groups excluding tert-OH is 1. The van der Waals surface area contributed by atoms with E-state index in [0.29, 0.717) is 13.2 Å². The lowest BCUT2D eigenvalue weighted by molar-refractivity contribution is 0.0341. The zero-order valence-corrected chi connectivity index (χ0v) is 6.50. The van der Waals surface area contributed by atoms with Gasteiger partial charge in [0.1, 0.15) is 6.23 Å². The van der Waals surface area contributed by atoms with Crippen LogP contribution in [0, 0.1) is 0 Å². The highest BCUT2D eigenvalue weighted by atomic mass is 16.5. The van der Waals surface area contributed by atoms with Crippen LogP contribution in [-0.4, -0.2) is 31.6 Å². The average molecular weight is 145 g/mol. The van der Waals surface area contributed by atoms with Gasteiger partial charge < -0.3 is 9.84 Å². The van der Waals surface area contributed by atoms with Crippen LogP contribution in [-0.2, 0) is 4.74 Å². The molecule has 3 nitrogen and oxygen atoms in total. The van der Waals surface area contributed by atoms with Gasteiger partial charge in [0.15, 0.2) is 0 Å². The van der Waals surface area contributed by atoms with Crippen LogP contribution >= 0.6 is 0 Å². The Kier molecular flexibility index (Phi) is 6.48. The van der Waals surface area contributed by atoms with Gasteiger partial charge in [0.05, 0.1) is 13.2 Å². The lowest BCUT2D eigenvalue weighted by Gasteiger charge is -2.07. The molecule has 0 amide bonds. The van der Waals surface area contributed by atoms with Gasteiger partial charge in [-0.15, -0.1) is 0 Å². The van der Waals surface area contributed by atoms with E-state index < -0.39 is 6.23 Å². The third kappa shape index (κ3) is 5.75. The molecule has 3 heteroatoms. The zero-order chi connectivity index (χ0) is 7.82. The molecular formula is C7H15NO2. The SMILES string of the molecule is CC=CCOCC(O)NC. The van der Waals surface area contributed by atoms with Crippen molar-refractivity contribution in [2.75, 3.05) is 20.3 Å². The standard InChI is InChI=1S/C7H15NO2/c1-3-4-5-10-6-7(9)8-2/h3-4,7-9H,5-6H2,1-2H3. The molecule has 0 aliphatic heterocycles. The zero-order valence-electron chi connectivity index (χ0n) is 6.50. The van der Waals surface area contributed by atoms with E-state index >= 15 is 0 Å². The molecule has 0 rings (SSSR count). The number of likely N-dealkylation sites (N-methyl/N-ethyl adjacent to an activating group) is 1. The van der Waals surface area contributed by atoms with Gasteiger partial charge in [0.25, 0.3) is 0 Å². The highest BCUT2D eigenvalue weighted by molar-refractivity contribution is 4.75. The van der Waals surface area contributed by atoms with Crippen molar-refractivity contribution in [1.29, 1.82) is 0 Å². The van der Waals surface area contributed by atoms with Gasteiger partial charge in [-0.1, -0.05) is 12.2 Å². The summed E-state index contributed by atoms with van der Waals surface area (Å²) in [5, 5.41) is 11.5. The van der Waals surface area contributed by atoms with E-state index in [2.05, 4.69) is 5.32 Å². The smallest absolute Gasteiger partial charge is 0.128 e. The third-order valence-corrected chi connectivity index (χ3v) is 1.06. The predicted octanol–water partition coefficient (Wildman–Crippen LogP) is 0.117. The van der Waals surface area contributed by atoms with E-state index in [-0.39, 0.29) is 0 Å². The second kappa shape index (κ2) is 6.74. The maximum Gasteiger partial charge on any atom is 0.128 e. The van der Waals surface area contributed by atoms with Crippen molar-refractivity contribution in [3.05, 3.63) is 12.2 Å². The van der Waals surface area contributed by atoms with Crippen LogP contribution in [0.25, 0.3) is 0 Å². The normalized spacial score (nSPS) is 14.3.